The minimum atomic E-state index is -0.671. The van der Waals surface area contributed by atoms with E-state index in [1.807, 2.05) is 30.5 Å². The molecule has 1 aliphatic carbocycles. The van der Waals surface area contributed by atoms with Crippen molar-refractivity contribution in [3.8, 4) is 0 Å². The van der Waals surface area contributed by atoms with Crippen molar-refractivity contribution in [3.05, 3.63) is 29.8 Å². The number of carbonyl (C=O) groups is 1. The molecule has 0 bridgehead atoms. The van der Waals surface area contributed by atoms with Gasteiger partial charge in [-0.2, -0.15) is 0 Å². The standard InChI is InChI=1S/C17H26N2O2S/c1-22-15-10-8-13(9-11-15)16(20)12-18-17(21)19-14-6-4-2-3-5-7-14/h8-11,14,16,20H,2-7,12H2,1H3,(H2,18,19,21). The van der Waals surface area contributed by atoms with Crippen LogP contribution in [0.5, 0.6) is 0 Å². The maximum absolute atomic E-state index is 11.9. The van der Waals surface area contributed by atoms with Crippen LogP contribution in [0.3, 0.4) is 0 Å². The summed E-state index contributed by atoms with van der Waals surface area (Å²) in [7, 11) is 0. The van der Waals surface area contributed by atoms with E-state index < -0.39 is 6.10 Å². The summed E-state index contributed by atoms with van der Waals surface area (Å²) in [5.41, 5.74) is 0.826. The fourth-order valence-electron chi connectivity index (χ4n) is 2.79. The Morgan fingerprint density at radius 3 is 2.45 bits per heavy atom. The van der Waals surface area contributed by atoms with E-state index in [2.05, 4.69) is 10.6 Å². The third-order valence-corrected chi connectivity index (χ3v) is 4.89. The normalized spacial score (nSPS) is 17.5. The summed E-state index contributed by atoms with van der Waals surface area (Å²) in [6.07, 6.45) is 8.39. The Morgan fingerprint density at radius 1 is 1.23 bits per heavy atom. The molecule has 0 aliphatic heterocycles. The van der Waals surface area contributed by atoms with Crippen molar-refractivity contribution in [2.45, 2.75) is 55.6 Å². The van der Waals surface area contributed by atoms with Crippen LogP contribution in [0.4, 0.5) is 4.79 Å². The lowest BCUT2D eigenvalue weighted by Gasteiger charge is -2.18. The third kappa shape index (κ3) is 5.54. The first-order chi connectivity index (χ1) is 10.7. The highest BCUT2D eigenvalue weighted by molar-refractivity contribution is 7.98. The summed E-state index contributed by atoms with van der Waals surface area (Å²) < 4.78 is 0. The van der Waals surface area contributed by atoms with Gasteiger partial charge in [0.2, 0.25) is 0 Å². The molecule has 0 heterocycles. The van der Waals surface area contributed by atoms with Gasteiger partial charge < -0.3 is 15.7 Å². The van der Waals surface area contributed by atoms with Gasteiger partial charge >= 0.3 is 6.03 Å². The fourth-order valence-corrected chi connectivity index (χ4v) is 3.20. The monoisotopic (exact) mass is 322 g/mol. The zero-order valence-corrected chi connectivity index (χ0v) is 14.0. The summed E-state index contributed by atoms with van der Waals surface area (Å²) in [6, 6.07) is 7.87. The molecule has 1 aromatic rings. The summed E-state index contributed by atoms with van der Waals surface area (Å²) in [4.78, 5) is 13.1. The predicted octanol–water partition coefficient (Wildman–Crippen LogP) is 3.46. The highest BCUT2D eigenvalue weighted by atomic mass is 32.2. The largest absolute Gasteiger partial charge is 0.387 e. The number of nitrogens with one attached hydrogen (secondary N) is 2. The van der Waals surface area contributed by atoms with E-state index in [9.17, 15) is 9.90 Å². The zero-order valence-electron chi connectivity index (χ0n) is 13.2. The van der Waals surface area contributed by atoms with Gasteiger partial charge in [-0.15, -0.1) is 11.8 Å². The van der Waals surface area contributed by atoms with Crippen molar-refractivity contribution in [1.82, 2.24) is 10.6 Å². The molecular formula is C17H26N2O2S. The summed E-state index contributed by atoms with van der Waals surface area (Å²) in [6.45, 7) is 0.233. The van der Waals surface area contributed by atoms with Crippen LogP contribution in [0, 0.1) is 0 Å². The van der Waals surface area contributed by atoms with E-state index in [0.29, 0.717) is 0 Å². The molecule has 0 spiro atoms. The van der Waals surface area contributed by atoms with E-state index in [-0.39, 0.29) is 18.6 Å². The molecule has 1 unspecified atom stereocenters. The highest BCUT2D eigenvalue weighted by Crippen LogP contribution is 2.19. The second-order valence-corrected chi connectivity index (χ2v) is 6.71. The van der Waals surface area contributed by atoms with Gasteiger partial charge in [0.1, 0.15) is 0 Å². The zero-order chi connectivity index (χ0) is 15.8. The van der Waals surface area contributed by atoms with E-state index >= 15 is 0 Å². The molecule has 0 saturated heterocycles. The SMILES string of the molecule is CSc1ccc(C(O)CNC(=O)NC2CCCCCC2)cc1. The molecular weight excluding hydrogens is 296 g/mol. The molecule has 1 fully saturated rings. The molecule has 22 heavy (non-hydrogen) atoms. The summed E-state index contributed by atoms with van der Waals surface area (Å²) in [5.74, 6) is 0. The molecule has 4 nitrogen and oxygen atoms in total. The topological polar surface area (TPSA) is 61.4 Å². The maximum Gasteiger partial charge on any atom is 0.315 e. The second kappa shape index (κ2) is 9.06. The number of amides is 2. The first-order valence-electron chi connectivity index (χ1n) is 8.05. The Morgan fingerprint density at radius 2 is 1.86 bits per heavy atom. The molecule has 1 aromatic carbocycles. The maximum atomic E-state index is 11.9. The summed E-state index contributed by atoms with van der Waals surface area (Å²) >= 11 is 1.67. The predicted molar refractivity (Wildman–Crippen MR) is 91.2 cm³/mol. The first kappa shape index (κ1) is 17.2. The highest BCUT2D eigenvalue weighted by Gasteiger charge is 2.15. The number of carbonyl (C=O) groups excluding carboxylic acids is 1. The van der Waals surface area contributed by atoms with E-state index in [4.69, 9.17) is 0 Å². The number of rotatable bonds is 5. The lowest BCUT2D eigenvalue weighted by Crippen LogP contribution is -2.43. The average molecular weight is 322 g/mol. The quantitative estimate of drug-likeness (QED) is 0.575. The number of hydrogen-bond acceptors (Lipinski definition) is 3. The van der Waals surface area contributed by atoms with Gasteiger partial charge in [0, 0.05) is 17.5 Å². The Kier molecular flexibility index (Phi) is 7.06. The number of benzene rings is 1. The number of thioether (sulfide) groups is 1. The molecule has 2 amide bonds. The molecule has 2 rings (SSSR count). The van der Waals surface area contributed by atoms with Gasteiger partial charge in [0.15, 0.2) is 0 Å². The van der Waals surface area contributed by atoms with Crippen LogP contribution in [0.2, 0.25) is 0 Å². The van der Waals surface area contributed by atoms with Gasteiger partial charge in [0.25, 0.3) is 0 Å². The van der Waals surface area contributed by atoms with Crippen molar-refractivity contribution in [1.29, 1.82) is 0 Å². The van der Waals surface area contributed by atoms with Crippen LogP contribution in [-0.4, -0.2) is 30.0 Å². The molecule has 1 atom stereocenters. The van der Waals surface area contributed by atoms with Crippen LogP contribution in [0.1, 0.15) is 50.2 Å². The number of aliphatic hydroxyl groups is 1. The lowest BCUT2D eigenvalue weighted by atomic mass is 10.1. The van der Waals surface area contributed by atoms with Crippen molar-refractivity contribution in [2.24, 2.45) is 0 Å². The van der Waals surface area contributed by atoms with Crippen molar-refractivity contribution < 1.29 is 9.90 Å². The minimum absolute atomic E-state index is 0.174. The van der Waals surface area contributed by atoms with Crippen molar-refractivity contribution >= 4 is 17.8 Å². The number of aliphatic hydroxyl groups excluding tert-OH is 1. The summed E-state index contributed by atoms with van der Waals surface area (Å²) in [5, 5.41) is 15.9. The Bertz CT molecular complexity index is 456. The van der Waals surface area contributed by atoms with Crippen LogP contribution in [0.25, 0.3) is 0 Å². The number of urea groups is 1. The van der Waals surface area contributed by atoms with E-state index in [1.54, 1.807) is 11.8 Å². The van der Waals surface area contributed by atoms with Gasteiger partial charge in [0.05, 0.1) is 6.10 Å². The van der Waals surface area contributed by atoms with Crippen LogP contribution in [-0.2, 0) is 0 Å². The molecule has 1 saturated carbocycles. The van der Waals surface area contributed by atoms with Gasteiger partial charge in [-0.05, 0) is 36.8 Å². The van der Waals surface area contributed by atoms with E-state index in [0.717, 1.165) is 23.3 Å². The van der Waals surface area contributed by atoms with Crippen LogP contribution < -0.4 is 10.6 Å². The number of hydrogen-bond donors (Lipinski definition) is 3. The molecule has 122 valence electrons. The van der Waals surface area contributed by atoms with E-state index in [1.165, 1.54) is 25.7 Å². The lowest BCUT2D eigenvalue weighted by molar-refractivity contribution is 0.172. The van der Waals surface area contributed by atoms with Gasteiger partial charge in [-0.25, -0.2) is 4.79 Å². The Hall–Kier alpha value is -1.20. The minimum Gasteiger partial charge on any atom is -0.387 e. The molecule has 3 N–H and O–H groups in total. The molecule has 0 radical (unpaired) electrons. The fraction of sp³-hybridized carbons (Fsp3) is 0.588. The van der Waals surface area contributed by atoms with Crippen LogP contribution >= 0.6 is 11.8 Å². The Balaban J connectivity index is 1.74. The average Bonchev–Trinajstić information content (AvgIpc) is 2.81. The van der Waals surface area contributed by atoms with Crippen LogP contribution in [0.15, 0.2) is 29.2 Å². The third-order valence-electron chi connectivity index (χ3n) is 4.15. The van der Waals surface area contributed by atoms with Gasteiger partial charge in [-0.1, -0.05) is 37.8 Å². The van der Waals surface area contributed by atoms with Crippen molar-refractivity contribution in [2.75, 3.05) is 12.8 Å². The molecule has 5 heteroatoms. The van der Waals surface area contributed by atoms with Gasteiger partial charge in [-0.3, -0.25) is 0 Å². The molecule has 1 aliphatic rings. The Labute approximate surface area is 137 Å². The molecule has 0 aromatic heterocycles. The first-order valence-corrected chi connectivity index (χ1v) is 9.28. The second-order valence-electron chi connectivity index (χ2n) is 5.83. The van der Waals surface area contributed by atoms with Crippen molar-refractivity contribution in [3.63, 3.8) is 0 Å². The smallest absolute Gasteiger partial charge is 0.315 e.